The summed E-state index contributed by atoms with van der Waals surface area (Å²) in [6.07, 6.45) is 7.69. The third kappa shape index (κ3) is 5.91. The summed E-state index contributed by atoms with van der Waals surface area (Å²) in [6, 6.07) is -0.261. The largest absolute Gasteiger partial charge is 0.341 e. The average molecular weight is 269 g/mol. The van der Waals surface area contributed by atoms with Crippen molar-refractivity contribution in [3.8, 4) is 0 Å². The zero-order chi connectivity index (χ0) is 14.3. The smallest absolute Gasteiger partial charge is 0.240 e. The van der Waals surface area contributed by atoms with Crippen LogP contribution in [0, 0.1) is 11.8 Å². The Kier molecular flexibility index (Phi) is 7.39. The normalized spacial score (nSPS) is 18.9. The number of hydrogen-bond donors (Lipinski definition) is 2. The Morgan fingerprint density at radius 1 is 1.26 bits per heavy atom. The zero-order valence-corrected chi connectivity index (χ0v) is 12.8. The van der Waals surface area contributed by atoms with Crippen LogP contribution in [0.15, 0.2) is 0 Å². The molecule has 0 saturated carbocycles. The van der Waals surface area contributed by atoms with Crippen molar-refractivity contribution >= 4 is 5.91 Å². The number of amides is 1. The molecule has 0 aromatic rings. The molecule has 0 spiro atoms. The fourth-order valence-corrected chi connectivity index (χ4v) is 2.77. The molecule has 0 radical (unpaired) electrons. The average Bonchev–Trinajstić information content (AvgIpc) is 2.42. The van der Waals surface area contributed by atoms with Crippen LogP contribution >= 0.6 is 0 Å². The predicted molar refractivity (Wildman–Crippen MR) is 79.4 cm³/mol. The van der Waals surface area contributed by atoms with E-state index in [1.807, 2.05) is 11.8 Å². The van der Waals surface area contributed by atoms with Crippen molar-refractivity contribution in [2.75, 3.05) is 13.1 Å². The van der Waals surface area contributed by atoms with Gasteiger partial charge in [0, 0.05) is 13.1 Å². The van der Waals surface area contributed by atoms with Crippen LogP contribution in [0.3, 0.4) is 0 Å². The molecule has 4 heteroatoms. The van der Waals surface area contributed by atoms with Crippen LogP contribution in [0.5, 0.6) is 0 Å². The molecule has 0 aliphatic carbocycles. The van der Waals surface area contributed by atoms with Gasteiger partial charge >= 0.3 is 0 Å². The molecule has 1 aliphatic rings. The van der Waals surface area contributed by atoms with Crippen molar-refractivity contribution < 1.29 is 4.79 Å². The van der Waals surface area contributed by atoms with Gasteiger partial charge in [0.15, 0.2) is 0 Å². The van der Waals surface area contributed by atoms with E-state index in [0.29, 0.717) is 0 Å². The first-order valence-electron chi connectivity index (χ1n) is 7.79. The molecule has 1 unspecified atom stereocenters. The van der Waals surface area contributed by atoms with Crippen molar-refractivity contribution in [1.29, 1.82) is 0 Å². The van der Waals surface area contributed by atoms with Gasteiger partial charge in [0.25, 0.3) is 0 Å². The summed E-state index contributed by atoms with van der Waals surface area (Å²) in [7, 11) is 0. The highest BCUT2D eigenvalue weighted by atomic mass is 16.2. The summed E-state index contributed by atoms with van der Waals surface area (Å²) < 4.78 is 0. The second kappa shape index (κ2) is 8.54. The lowest BCUT2D eigenvalue weighted by molar-refractivity contribution is -0.134. The van der Waals surface area contributed by atoms with E-state index in [2.05, 4.69) is 19.3 Å². The first kappa shape index (κ1) is 16.4. The fraction of sp³-hybridized carbons (Fsp3) is 0.933. The highest BCUT2D eigenvalue weighted by molar-refractivity contribution is 5.81. The van der Waals surface area contributed by atoms with Crippen molar-refractivity contribution in [2.45, 2.75) is 65.3 Å². The number of carbonyl (C=O) groups excluding carboxylic acids is 1. The molecule has 1 rings (SSSR count). The van der Waals surface area contributed by atoms with Crippen molar-refractivity contribution in [3.63, 3.8) is 0 Å². The Morgan fingerprint density at radius 3 is 2.42 bits per heavy atom. The summed E-state index contributed by atoms with van der Waals surface area (Å²) in [5.74, 6) is 7.10. The van der Waals surface area contributed by atoms with E-state index < -0.39 is 0 Å². The van der Waals surface area contributed by atoms with Gasteiger partial charge in [-0.15, -0.1) is 0 Å². The molecule has 112 valence electrons. The fourth-order valence-electron chi connectivity index (χ4n) is 2.77. The lowest BCUT2D eigenvalue weighted by Crippen LogP contribution is -2.49. The second-order valence-electron chi connectivity index (χ2n) is 6.34. The molecule has 1 fully saturated rings. The molecule has 3 N–H and O–H groups in total. The van der Waals surface area contributed by atoms with E-state index in [-0.39, 0.29) is 11.9 Å². The Morgan fingerprint density at radius 2 is 1.89 bits per heavy atom. The number of hydrogen-bond acceptors (Lipinski definition) is 3. The van der Waals surface area contributed by atoms with Gasteiger partial charge in [-0.05, 0) is 31.6 Å². The summed E-state index contributed by atoms with van der Waals surface area (Å²) in [5, 5.41) is 0. The monoisotopic (exact) mass is 269 g/mol. The van der Waals surface area contributed by atoms with E-state index >= 15 is 0 Å². The minimum absolute atomic E-state index is 0.140. The molecule has 1 saturated heterocycles. The van der Waals surface area contributed by atoms with E-state index in [1.165, 1.54) is 25.7 Å². The maximum Gasteiger partial charge on any atom is 0.240 e. The quantitative estimate of drug-likeness (QED) is 0.423. The molecule has 1 heterocycles. The third-order valence-electron chi connectivity index (χ3n) is 4.19. The Hall–Kier alpha value is -0.610. The molecule has 4 nitrogen and oxygen atoms in total. The zero-order valence-electron chi connectivity index (χ0n) is 12.8. The Balaban J connectivity index is 2.16. The van der Waals surface area contributed by atoms with Crippen molar-refractivity contribution in [2.24, 2.45) is 17.7 Å². The third-order valence-corrected chi connectivity index (χ3v) is 4.19. The number of rotatable bonds is 7. The Labute approximate surface area is 118 Å². The van der Waals surface area contributed by atoms with Gasteiger partial charge in [0.05, 0.1) is 6.04 Å². The van der Waals surface area contributed by atoms with Crippen molar-refractivity contribution in [3.05, 3.63) is 0 Å². The van der Waals surface area contributed by atoms with Gasteiger partial charge in [0.2, 0.25) is 5.91 Å². The maximum atomic E-state index is 12.0. The highest BCUT2D eigenvalue weighted by Crippen LogP contribution is 2.23. The molecule has 19 heavy (non-hydrogen) atoms. The summed E-state index contributed by atoms with van der Waals surface area (Å²) in [6.45, 7) is 8.20. The second-order valence-corrected chi connectivity index (χ2v) is 6.34. The number of hydrazine groups is 1. The molecule has 0 aromatic heterocycles. The van der Waals surface area contributed by atoms with Gasteiger partial charge in [-0.3, -0.25) is 10.6 Å². The summed E-state index contributed by atoms with van der Waals surface area (Å²) in [5.41, 5.74) is 2.53. The number of piperidine rings is 1. The lowest BCUT2D eigenvalue weighted by Gasteiger charge is -2.33. The number of nitrogens with zero attached hydrogens (tertiary/aromatic N) is 1. The van der Waals surface area contributed by atoms with Crippen LogP contribution in [0.2, 0.25) is 0 Å². The van der Waals surface area contributed by atoms with Crippen LogP contribution in [0.4, 0.5) is 0 Å². The first-order chi connectivity index (χ1) is 9.04. The molecule has 1 atom stereocenters. The number of carbonyl (C=O) groups is 1. The summed E-state index contributed by atoms with van der Waals surface area (Å²) >= 11 is 0. The number of nitrogens with one attached hydrogen (secondary N) is 1. The van der Waals surface area contributed by atoms with E-state index in [9.17, 15) is 4.79 Å². The molecule has 1 amide bonds. The lowest BCUT2D eigenvalue weighted by atomic mass is 9.90. The van der Waals surface area contributed by atoms with Gasteiger partial charge in [0.1, 0.15) is 0 Å². The van der Waals surface area contributed by atoms with Gasteiger partial charge < -0.3 is 4.90 Å². The highest BCUT2D eigenvalue weighted by Gasteiger charge is 2.25. The van der Waals surface area contributed by atoms with Crippen LogP contribution in [-0.2, 0) is 4.79 Å². The molecule has 1 aliphatic heterocycles. The first-order valence-corrected chi connectivity index (χ1v) is 7.79. The van der Waals surface area contributed by atoms with Crippen LogP contribution < -0.4 is 11.3 Å². The van der Waals surface area contributed by atoms with Gasteiger partial charge in [-0.1, -0.05) is 39.5 Å². The van der Waals surface area contributed by atoms with E-state index in [0.717, 1.165) is 37.8 Å². The number of unbranched alkanes of at least 4 members (excludes halogenated alkanes) is 1. The van der Waals surface area contributed by atoms with Crippen LogP contribution in [-0.4, -0.2) is 29.9 Å². The van der Waals surface area contributed by atoms with E-state index in [1.54, 1.807) is 0 Å². The van der Waals surface area contributed by atoms with Crippen LogP contribution in [0.1, 0.15) is 59.3 Å². The minimum Gasteiger partial charge on any atom is -0.341 e. The van der Waals surface area contributed by atoms with Crippen molar-refractivity contribution in [1.82, 2.24) is 10.3 Å². The molecule has 0 aromatic carbocycles. The maximum absolute atomic E-state index is 12.0. The van der Waals surface area contributed by atoms with Gasteiger partial charge in [-0.2, -0.15) is 0 Å². The van der Waals surface area contributed by atoms with Gasteiger partial charge in [-0.25, -0.2) is 5.43 Å². The molecule has 0 bridgehead atoms. The van der Waals surface area contributed by atoms with E-state index in [4.69, 9.17) is 5.84 Å². The topological polar surface area (TPSA) is 58.4 Å². The summed E-state index contributed by atoms with van der Waals surface area (Å²) in [4.78, 5) is 13.9. The number of nitrogens with two attached hydrogens (primary N) is 1. The number of likely N-dealkylation sites (tertiary alicyclic amines) is 1. The standard InChI is InChI=1S/C15H31N3O/c1-12(2)6-4-5-7-14-8-10-18(11-9-14)15(19)13(3)17-16/h12-14,17H,4-11,16H2,1-3H3. The molecular formula is C15H31N3O. The predicted octanol–water partition coefficient (Wildman–Crippen LogP) is 2.29. The Bertz CT molecular complexity index is 260. The SMILES string of the molecule is CC(C)CCCCC1CCN(C(=O)C(C)NN)CC1. The molecular weight excluding hydrogens is 238 g/mol. The van der Waals surface area contributed by atoms with Crippen LogP contribution in [0.25, 0.3) is 0 Å². The minimum atomic E-state index is -0.261.